The third-order valence-corrected chi connectivity index (χ3v) is 3.28. The Balaban J connectivity index is 2.51. The van der Waals surface area contributed by atoms with Gasteiger partial charge in [-0.1, -0.05) is 25.3 Å². The third-order valence-electron chi connectivity index (χ3n) is 3.28. The van der Waals surface area contributed by atoms with Gasteiger partial charge in [-0.05, 0) is 24.6 Å². The minimum absolute atomic E-state index is 0.114. The number of H-pyrrole nitrogens is 1. The number of halogens is 2. The van der Waals surface area contributed by atoms with Crippen LogP contribution in [0.4, 0.5) is 14.6 Å². The van der Waals surface area contributed by atoms with Crippen molar-refractivity contribution in [2.75, 3.05) is 5.32 Å². The first-order chi connectivity index (χ1) is 10.8. The van der Waals surface area contributed by atoms with Crippen LogP contribution in [0.3, 0.4) is 0 Å². The number of hydrogen-bond acceptors (Lipinski definition) is 3. The molecule has 1 unspecified atom stereocenters. The molecule has 7 heteroatoms. The molecule has 1 atom stereocenters. The van der Waals surface area contributed by atoms with Crippen molar-refractivity contribution in [2.45, 2.75) is 13.0 Å². The number of rotatable bonds is 5. The average molecular weight is 319 g/mol. The lowest BCUT2D eigenvalue weighted by molar-refractivity contribution is 0.562. The number of nitrogens with one attached hydrogen (secondary N) is 2. The van der Waals surface area contributed by atoms with Crippen LogP contribution < -0.4 is 16.6 Å². The van der Waals surface area contributed by atoms with Gasteiger partial charge in [0.15, 0.2) is 0 Å². The second-order valence-corrected chi connectivity index (χ2v) is 4.88. The average Bonchev–Trinajstić information content (AvgIpc) is 2.48. The number of benzene rings is 1. The minimum atomic E-state index is -1.01. The first-order valence-electron chi connectivity index (χ1n) is 6.73. The molecule has 5 nitrogen and oxygen atoms in total. The van der Waals surface area contributed by atoms with Gasteiger partial charge in [0.25, 0.3) is 5.56 Å². The molecule has 0 fully saturated rings. The van der Waals surface area contributed by atoms with Gasteiger partial charge in [0.2, 0.25) is 0 Å². The maximum absolute atomic E-state index is 13.8. The van der Waals surface area contributed by atoms with Gasteiger partial charge in [0, 0.05) is 12.1 Å². The molecule has 0 radical (unpaired) electrons. The number of aromatic amines is 1. The number of hydrogen-bond donors (Lipinski definition) is 2. The van der Waals surface area contributed by atoms with Gasteiger partial charge in [-0.25, -0.2) is 18.1 Å². The van der Waals surface area contributed by atoms with Crippen molar-refractivity contribution in [3.63, 3.8) is 0 Å². The summed E-state index contributed by atoms with van der Waals surface area (Å²) in [6.07, 6.45) is 1.53. The lowest BCUT2D eigenvalue weighted by Crippen LogP contribution is -2.35. The topological polar surface area (TPSA) is 66.9 Å². The second kappa shape index (κ2) is 6.43. The van der Waals surface area contributed by atoms with Gasteiger partial charge in [0.05, 0.1) is 0 Å². The van der Waals surface area contributed by atoms with Crippen molar-refractivity contribution in [2.24, 2.45) is 0 Å². The molecular formula is C16H15F2N3O2. The van der Waals surface area contributed by atoms with E-state index in [0.717, 1.165) is 24.3 Å². The molecule has 0 aliphatic carbocycles. The summed E-state index contributed by atoms with van der Waals surface area (Å²) in [4.78, 5) is 26.6. The lowest BCUT2D eigenvalue weighted by atomic mass is 10.1. The molecule has 1 aromatic heterocycles. The number of aromatic nitrogens is 2. The summed E-state index contributed by atoms with van der Waals surface area (Å²) in [5, 5.41) is 2.85. The van der Waals surface area contributed by atoms with Gasteiger partial charge >= 0.3 is 5.69 Å². The largest absolute Gasteiger partial charge is 0.365 e. The van der Waals surface area contributed by atoms with E-state index in [4.69, 9.17) is 0 Å². The zero-order chi connectivity index (χ0) is 17.1. The highest BCUT2D eigenvalue weighted by molar-refractivity contribution is 5.41. The van der Waals surface area contributed by atoms with Gasteiger partial charge in [-0.2, -0.15) is 0 Å². The number of para-hydroxylation sites is 1. The molecule has 2 N–H and O–H groups in total. The van der Waals surface area contributed by atoms with Crippen molar-refractivity contribution in [3.05, 3.63) is 81.5 Å². The molecule has 2 rings (SSSR count). The molecule has 0 aliphatic heterocycles. The van der Waals surface area contributed by atoms with Crippen LogP contribution in [-0.2, 0) is 0 Å². The van der Waals surface area contributed by atoms with E-state index in [1.807, 2.05) is 0 Å². The van der Waals surface area contributed by atoms with E-state index in [9.17, 15) is 18.4 Å². The Kier molecular flexibility index (Phi) is 4.59. The molecule has 2 aromatic rings. The molecule has 0 spiro atoms. The summed E-state index contributed by atoms with van der Waals surface area (Å²) in [6, 6.07) is 3.83. The molecular weight excluding hydrogens is 304 g/mol. The molecule has 120 valence electrons. The Morgan fingerprint density at radius 1 is 1.35 bits per heavy atom. The van der Waals surface area contributed by atoms with Crippen molar-refractivity contribution < 1.29 is 8.78 Å². The van der Waals surface area contributed by atoms with E-state index >= 15 is 0 Å². The van der Waals surface area contributed by atoms with E-state index < -0.39 is 28.6 Å². The van der Waals surface area contributed by atoms with Crippen LogP contribution in [0, 0.1) is 11.6 Å². The predicted molar refractivity (Wildman–Crippen MR) is 85.0 cm³/mol. The molecule has 0 saturated carbocycles. The van der Waals surface area contributed by atoms with Crippen molar-refractivity contribution in [1.82, 2.24) is 9.55 Å². The normalized spacial score (nSPS) is 11.8. The molecule has 0 amide bonds. The Morgan fingerprint density at radius 3 is 2.48 bits per heavy atom. The van der Waals surface area contributed by atoms with Crippen molar-refractivity contribution >= 4 is 5.82 Å². The van der Waals surface area contributed by atoms with Crippen LogP contribution in [-0.4, -0.2) is 15.6 Å². The van der Waals surface area contributed by atoms with Gasteiger partial charge in [-0.3, -0.25) is 9.78 Å². The SMILES string of the molecule is C=CC(=C)C(C)Nc1cc(=O)n(-c2c(F)cccc2F)c(=O)[nH]1. The molecule has 1 aromatic carbocycles. The fourth-order valence-corrected chi connectivity index (χ4v) is 1.99. The molecule has 0 bridgehead atoms. The van der Waals surface area contributed by atoms with E-state index in [0.29, 0.717) is 10.1 Å². The maximum atomic E-state index is 13.8. The Morgan fingerprint density at radius 2 is 1.96 bits per heavy atom. The molecule has 23 heavy (non-hydrogen) atoms. The van der Waals surface area contributed by atoms with Crippen LogP contribution in [0.15, 0.2) is 58.7 Å². The Bertz CT molecular complexity index is 832. The summed E-state index contributed by atoms with van der Waals surface area (Å²) in [5.41, 5.74) is -1.89. The van der Waals surface area contributed by atoms with Crippen LogP contribution in [0.5, 0.6) is 0 Å². The summed E-state index contributed by atoms with van der Waals surface area (Å²) in [5.74, 6) is -1.90. The highest BCUT2D eigenvalue weighted by Crippen LogP contribution is 2.14. The summed E-state index contributed by atoms with van der Waals surface area (Å²) in [6.45, 7) is 9.07. The zero-order valence-corrected chi connectivity index (χ0v) is 12.4. The van der Waals surface area contributed by atoms with E-state index in [1.54, 1.807) is 6.92 Å². The standard InChI is InChI=1S/C16H15F2N3O2/c1-4-9(2)10(3)19-13-8-14(22)21(16(23)20-13)15-11(17)6-5-7-12(15)18/h4-8,10,19H,1-2H2,3H3,(H,20,23). The zero-order valence-electron chi connectivity index (χ0n) is 12.4. The van der Waals surface area contributed by atoms with Crippen LogP contribution in [0.2, 0.25) is 0 Å². The summed E-state index contributed by atoms with van der Waals surface area (Å²) in [7, 11) is 0. The Labute approximate surface area is 130 Å². The van der Waals surface area contributed by atoms with Crippen LogP contribution >= 0.6 is 0 Å². The fraction of sp³-hybridized carbons (Fsp3) is 0.125. The minimum Gasteiger partial charge on any atom is -0.365 e. The smallest absolute Gasteiger partial charge is 0.334 e. The van der Waals surface area contributed by atoms with E-state index in [2.05, 4.69) is 23.5 Å². The van der Waals surface area contributed by atoms with Gasteiger partial charge < -0.3 is 5.32 Å². The quantitative estimate of drug-likeness (QED) is 0.831. The number of nitrogens with zero attached hydrogens (tertiary/aromatic N) is 1. The molecule has 1 heterocycles. The second-order valence-electron chi connectivity index (χ2n) is 4.88. The van der Waals surface area contributed by atoms with Crippen LogP contribution in [0.1, 0.15) is 6.92 Å². The van der Waals surface area contributed by atoms with Crippen molar-refractivity contribution in [1.29, 1.82) is 0 Å². The van der Waals surface area contributed by atoms with E-state index in [-0.39, 0.29) is 11.9 Å². The van der Waals surface area contributed by atoms with Crippen LogP contribution in [0.25, 0.3) is 5.69 Å². The summed E-state index contributed by atoms with van der Waals surface area (Å²) >= 11 is 0. The fourth-order valence-electron chi connectivity index (χ4n) is 1.99. The predicted octanol–water partition coefficient (Wildman–Crippen LogP) is 2.35. The highest BCUT2D eigenvalue weighted by Gasteiger charge is 2.16. The molecule has 0 aliphatic rings. The highest BCUT2D eigenvalue weighted by atomic mass is 19.1. The first kappa shape index (κ1) is 16.4. The lowest BCUT2D eigenvalue weighted by Gasteiger charge is -2.15. The maximum Gasteiger partial charge on any atom is 0.334 e. The summed E-state index contributed by atoms with van der Waals surface area (Å²) < 4.78 is 27.9. The monoisotopic (exact) mass is 319 g/mol. The number of anilines is 1. The van der Waals surface area contributed by atoms with Crippen molar-refractivity contribution in [3.8, 4) is 5.69 Å². The molecule has 0 saturated heterocycles. The first-order valence-corrected chi connectivity index (χ1v) is 6.73. The van der Waals surface area contributed by atoms with Gasteiger partial charge in [0.1, 0.15) is 23.1 Å². The Hall–Kier alpha value is -2.96. The van der Waals surface area contributed by atoms with E-state index in [1.165, 1.54) is 6.08 Å². The third kappa shape index (κ3) is 3.28. The van der Waals surface area contributed by atoms with Gasteiger partial charge in [-0.15, -0.1) is 0 Å².